The molecule has 7 heteroatoms. The zero-order valence-corrected chi connectivity index (χ0v) is 25.3. The van der Waals surface area contributed by atoms with Gasteiger partial charge in [-0.15, -0.1) is 0 Å². The molecule has 0 fully saturated rings. The minimum absolute atomic E-state index is 0.542. The van der Waals surface area contributed by atoms with Crippen molar-refractivity contribution in [2.75, 3.05) is 0 Å². The van der Waals surface area contributed by atoms with E-state index in [9.17, 15) is 19.8 Å². The van der Waals surface area contributed by atoms with Gasteiger partial charge < -0.3 is 14.3 Å². The van der Waals surface area contributed by atoms with Crippen molar-refractivity contribution in [1.82, 2.24) is 0 Å². The predicted molar refractivity (Wildman–Crippen MR) is 149 cm³/mol. The molecule has 202 valence electrons. The Labute approximate surface area is 212 Å². The fourth-order valence-electron chi connectivity index (χ4n) is 4.97. The van der Waals surface area contributed by atoms with Gasteiger partial charge in [-0.25, -0.2) is 0 Å². The molecule has 0 rings (SSSR count). The van der Waals surface area contributed by atoms with Crippen molar-refractivity contribution in [2.24, 2.45) is 0 Å². The van der Waals surface area contributed by atoms with Gasteiger partial charge in [0.1, 0.15) is 0 Å². The van der Waals surface area contributed by atoms with Gasteiger partial charge in [-0.3, -0.25) is 9.59 Å². The standard InChI is InChI=1S/C27H56O5Si2/c1-7-10-12-14-16-18-20-22-24(26(28)29)34(6,32-33(4,5)9-3)25(27(30)31)23-21-19-17-15-13-11-8-2/h24-25H,7-23H2,1-6H3,(H,28,29)(H,30,31). The Morgan fingerprint density at radius 1 is 0.618 bits per heavy atom. The summed E-state index contributed by atoms with van der Waals surface area (Å²) in [7, 11) is -5.22. The van der Waals surface area contributed by atoms with Crippen molar-refractivity contribution in [3.63, 3.8) is 0 Å². The lowest BCUT2D eigenvalue weighted by atomic mass is 10.1. The molecule has 0 aliphatic heterocycles. The summed E-state index contributed by atoms with van der Waals surface area (Å²) in [4.78, 5) is 25.0. The van der Waals surface area contributed by atoms with Crippen molar-refractivity contribution < 1.29 is 23.9 Å². The SMILES string of the molecule is CCCCCCCCCC(C(=O)O)[Si](C)(O[Si](C)(C)CC)C(CCCCCCCCC)C(=O)O. The molecular formula is C27H56O5Si2. The van der Waals surface area contributed by atoms with E-state index in [4.69, 9.17) is 4.12 Å². The number of hydrogen-bond donors (Lipinski definition) is 2. The first kappa shape index (κ1) is 33.3. The van der Waals surface area contributed by atoms with Crippen LogP contribution in [0.15, 0.2) is 0 Å². The second-order valence-corrected chi connectivity index (χ2v) is 19.8. The van der Waals surface area contributed by atoms with Crippen LogP contribution in [0.2, 0.25) is 36.8 Å². The van der Waals surface area contributed by atoms with Gasteiger partial charge in [-0.05, 0) is 38.5 Å². The first-order chi connectivity index (χ1) is 16.1. The van der Waals surface area contributed by atoms with Crippen LogP contribution in [0.3, 0.4) is 0 Å². The highest BCUT2D eigenvalue weighted by atomic mass is 28.4. The minimum atomic E-state index is -3.09. The number of carboxylic acid groups (broad SMARTS) is 2. The lowest BCUT2D eigenvalue weighted by Gasteiger charge is -2.43. The first-order valence-electron chi connectivity index (χ1n) is 14.2. The van der Waals surface area contributed by atoms with E-state index < -0.39 is 39.7 Å². The lowest BCUT2D eigenvalue weighted by molar-refractivity contribution is -0.138. The highest BCUT2D eigenvalue weighted by Gasteiger charge is 2.53. The summed E-state index contributed by atoms with van der Waals surface area (Å²) < 4.78 is 6.76. The van der Waals surface area contributed by atoms with Gasteiger partial charge in [0.05, 0.1) is 11.1 Å². The fourth-order valence-corrected chi connectivity index (χ4v) is 14.5. The van der Waals surface area contributed by atoms with Gasteiger partial charge in [-0.2, -0.15) is 0 Å². The average molecular weight is 517 g/mol. The van der Waals surface area contributed by atoms with Crippen molar-refractivity contribution in [1.29, 1.82) is 0 Å². The van der Waals surface area contributed by atoms with E-state index in [0.717, 1.165) is 44.6 Å². The van der Waals surface area contributed by atoms with E-state index in [0.29, 0.717) is 12.8 Å². The molecule has 0 saturated carbocycles. The van der Waals surface area contributed by atoms with E-state index in [-0.39, 0.29) is 0 Å². The maximum Gasteiger partial charge on any atom is 0.306 e. The summed E-state index contributed by atoms with van der Waals surface area (Å²) in [6.45, 7) is 12.6. The molecule has 5 nitrogen and oxygen atoms in total. The van der Waals surface area contributed by atoms with Crippen LogP contribution in [0, 0.1) is 0 Å². The molecule has 0 radical (unpaired) electrons. The van der Waals surface area contributed by atoms with Gasteiger partial charge in [0, 0.05) is 0 Å². The zero-order chi connectivity index (χ0) is 26.0. The van der Waals surface area contributed by atoms with E-state index in [2.05, 4.69) is 33.9 Å². The largest absolute Gasteiger partial charge is 0.481 e. The van der Waals surface area contributed by atoms with Crippen molar-refractivity contribution in [2.45, 2.75) is 160 Å². The van der Waals surface area contributed by atoms with Crippen molar-refractivity contribution in [3.05, 3.63) is 0 Å². The molecule has 2 atom stereocenters. The number of rotatable bonds is 23. The molecular weight excluding hydrogens is 460 g/mol. The molecule has 0 spiro atoms. The average Bonchev–Trinajstić information content (AvgIpc) is 2.76. The van der Waals surface area contributed by atoms with Gasteiger partial charge in [-0.1, -0.05) is 111 Å². The quantitative estimate of drug-likeness (QED) is 0.104. The topological polar surface area (TPSA) is 83.8 Å². The van der Waals surface area contributed by atoms with E-state index >= 15 is 0 Å². The zero-order valence-electron chi connectivity index (χ0n) is 23.3. The third-order valence-corrected chi connectivity index (χ3v) is 17.0. The lowest BCUT2D eigenvalue weighted by Crippen LogP contribution is -2.56. The van der Waals surface area contributed by atoms with Crippen LogP contribution in [-0.4, -0.2) is 38.8 Å². The second-order valence-electron chi connectivity index (χ2n) is 11.0. The number of unbranched alkanes of at least 4 members (excludes halogenated alkanes) is 12. The molecule has 2 unspecified atom stereocenters. The van der Waals surface area contributed by atoms with Crippen molar-refractivity contribution >= 4 is 28.6 Å². The summed E-state index contributed by atoms with van der Waals surface area (Å²) in [5.41, 5.74) is -1.32. The molecule has 0 heterocycles. The third kappa shape index (κ3) is 13.4. The normalized spacial score (nSPS) is 15.6. The molecule has 0 aromatic rings. The van der Waals surface area contributed by atoms with Crippen LogP contribution in [-0.2, 0) is 13.7 Å². The highest BCUT2D eigenvalue weighted by molar-refractivity contribution is 6.89. The smallest absolute Gasteiger partial charge is 0.306 e. The maximum absolute atomic E-state index is 12.5. The maximum atomic E-state index is 12.5. The molecule has 0 saturated heterocycles. The number of carbonyl (C=O) groups is 2. The Hall–Kier alpha value is -0.666. The van der Waals surface area contributed by atoms with E-state index in [1.165, 1.54) is 51.4 Å². The molecule has 0 amide bonds. The van der Waals surface area contributed by atoms with Crippen LogP contribution in [0.4, 0.5) is 0 Å². The Morgan fingerprint density at radius 3 is 1.24 bits per heavy atom. The Balaban J connectivity index is 5.39. The minimum Gasteiger partial charge on any atom is -0.481 e. The predicted octanol–water partition coefficient (Wildman–Crippen LogP) is 8.99. The van der Waals surface area contributed by atoms with Gasteiger partial charge in [0.2, 0.25) is 8.32 Å². The van der Waals surface area contributed by atoms with E-state index in [1.807, 2.05) is 6.55 Å². The summed E-state index contributed by atoms with van der Waals surface area (Å²) in [6.07, 6.45) is 16.9. The molecule has 34 heavy (non-hydrogen) atoms. The summed E-state index contributed by atoms with van der Waals surface area (Å²) in [6, 6.07) is 0.864. The van der Waals surface area contributed by atoms with Crippen LogP contribution < -0.4 is 0 Å². The van der Waals surface area contributed by atoms with Crippen LogP contribution >= 0.6 is 0 Å². The van der Waals surface area contributed by atoms with Crippen LogP contribution in [0.5, 0.6) is 0 Å². The fraction of sp³-hybridized carbons (Fsp3) is 0.926. The molecule has 0 aromatic carbocycles. The Morgan fingerprint density at radius 2 is 0.941 bits per heavy atom. The number of aliphatic carboxylic acids is 2. The summed E-state index contributed by atoms with van der Waals surface area (Å²) in [5.74, 6) is -1.71. The second kappa shape index (κ2) is 18.6. The molecule has 0 aromatic heterocycles. The first-order valence-corrected chi connectivity index (χ1v) is 19.9. The summed E-state index contributed by atoms with van der Waals surface area (Å²) in [5, 5.41) is 20.5. The van der Waals surface area contributed by atoms with Gasteiger partial charge >= 0.3 is 11.9 Å². The number of hydrogen-bond acceptors (Lipinski definition) is 3. The third-order valence-electron chi connectivity index (χ3n) is 7.52. The van der Waals surface area contributed by atoms with Gasteiger partial charge in [0.25, 0.3) is 0 Å². The highest BCUT2D eigenvalue weighted by Crippen LogP contribution is 2.43. The van der Waals surface area contributed by atoms with Crippen LogP contribution in [0.1, 0.15) is 124 Å². The molecule has 0 bridgehead atoms. The van der Waals surface area contributed by atoms with Crippen molar-refractivity contribution in [3.8, 4) is 0 Å². The molecule has 0 aliphatic rings. The molecule has 0 aliphatic carbocycles. The Bertz CT molecular complexity index is 517. The monoisotopic (exact) mass is 516 g/mol. The van der Waals surface area contributed by atoms with E-state index in [1.54, 1.807) is 0 Å². The van der Waals surface area contributed by atoms with Crippen LogP contribution in [0.25, 0.3) is 0 Å². The summed E-state index contributed by atoms with van der Waals surface area (Å²) >= 11 is 0. The van der Waals surface area contributed by atoms with Gasteiger partial charge in [0.15, 0.2) is 8.32 Å². The Kier molecular flexibility index (Phi) is 18.2. The molecule has 2 N–H and O–H groups in total. The number of carboxylic acids is 2.